The van der Waals surface area contributed by atoms with Gasteiger partial charge in [0.2, 0.25) is 0 Å². The molecule has 41 heavy (non-hydrogen) atoms. The summed E-state index contributed by atoms with van der Waals surface area (Å²) in [6.07, 6.45) is 2.28. The molecule has 4 heterocycles. The van der Waals surface area contributed by atoms with Gasteiger partial charge in [-0.25, -0.2) is 4.98 Å². The minimum absolute atomic E-state index is 0.988. The van der Waals surface area contributed by atoms with Crippen molar-refractivity contribution in [2.75, 3.05) is 0 Å². The molecule has 4 aromatic heterocycles. The third-order valence-electron chi connectivity index (χ3n) is 8.15. The molecule has 5 aromatic carbocycles. The maximum Gasteiger partial charge on any atom is 0.0985 e. The van der Waals surface area contributed by atoms with Crippen molar-refractivity contribution in [1.29, 1.82) is 0 Å². The Balaban J connectivity index is 1.44. The lowest BCUT2D eigenvalue weighted by Crippen LogP contribution is -1.94. The molecule has 9 aromatic rings. The molecule has 0 radical (unpaired) electrons. The Morgan fingerprint density at radius 1 is 0.537 bits per heavy atom. The molecule has 192 valence electrons. The number of fused-ring (bicyclic) bond motifs is 8. The number of benzene rings is 5. The fourth-order valence-corrected chi connectivity index (χ4v) is 7.56. The number of aromatic nitrogens is 3. The molecule has 0 aliphatic rings. The molecule has 0 spiro atoms. The molecule has 0 amide bonds. The first-order valence-corrected chi connectivity index (χ1v) is 14.6. The van der Waals surface area contributed by atoms with E-state index in [1.165, 1.54) is 42.0 Å². The summed E-state index contributed by atoms with van der Waals surface area (Å²) in [6, 6.07) is 47.4. The van der Waals surface area contributed by atoms with E-state index in [2.05, 4.69) is 149 Å². The molecule has 0 unspecified atom stereocenters. The standard InChI is InChI=1S/C37H23N3S/c1-3-11-24(12-4-1)29-20-22-32-36(38-29)35-31(21-19-27-26-15-8-10-18-34(26)41-37(27)35)40(32)33-23-39(25-13-5-2-6-14-25)30-17-9-7-16-28(30)33/h1-23H. The van der Waals surface area contributed by atoms with Gasteiger partial charge in [-0.1, -0.05) is 91.0 Å². The Morgan fingerprint density at radius 2 is 1.24 bits per heavy atom. The number of hydrogen-bond acceptors (Lipinski definition) is 2. The maximum atomic E-state index is 5.36. The van der Waals surface area contributed by atoms with Gasteiger partial charge in [0.1, 0.15) is 0 Å². The first-order valence-electron chi connectivity index (χ1n) is 13.8. The molecule has 0 fully saturated rings. The summed E-state index contributed by atoms with van der Waals surface area (Å²) < 4.78 is 7.30. The Bertz CT molecular complexity index is 2410. The summed E-state index contributed by atoms with van der Waals surface area (Å²) in [4.78, 5) is 5.36. The van der Waals surface area contributed by atoms with Crippen molar-refractivity contribution >= 4 is 64.3 Å². The van der Waals surface area contributed by atoms with Crippen LogP contribution in [0.3, 0.4) is 0 Å². The van der Waals surface area contributed by atoms with E-state index in [1.807, 2.05) is 11.3 Å². The molecule has 4 heteroatoms. The molecular weight excluding hydrogens is 518 g/mol. The van der Waals surface area contributed by atoms with Gasteiger partial charge in [0.15, 0.2) is 0 Å². The molecule has 9 rings (SSSR count). The van der Waals surface area contributed by atoms with Crippen LogP contribution in [0.25, 0.3) is 75.6 Å². The van der Waals surface area contributed by atoms with Gasteiger partial charge in [-0.2, -0.15) is 0 Å². The van der Waals surface area contributed by atoms with Crippen molar-refractivity contribution in [2.45, 2.75) is 0 Å². The van der Waals surface area contributed by atoms with Gasteiger partial charge >= 0.3 is 0 Å². The third kappa shape index (κ3) is 3.28. The fourth-order valence-electron chi connectivity index (χ4n) is 6.31. The third-order valence-corrected chi connectivity index (χ3v) is 9.36. The van der Waals surface area contributed by atoms with Crippen molar-refractivity contribution in [1.82, 2.24) is 14.1 Å². The second kappa shape index (κ2) is 8.65. The van der Waals surface area contributed by atoms with E-state index < -0.39 is 0 Å². The Hall–Kier alpha value is -5.19. The first kappa shape index (κ1) is 22.6. The number of rotatable bonds is 3. The molecule has 0 bridgehead atoms. The highest BCUT2D eigenvalue weighted by molar-refractivity contribution is 7.26. The van der Waals surface area contributed by atoms with Gasteiger partial charge in [-0.3, -0.25) is 0 Å². The van der Waals surface area contributed by atoms with Crippen LogP contribution in [0.2, 0.25) is 0 Å². The van der Waals surface area contributed by atoms with E-state index in [1.54, 1.807) is 0 Å². The van der Waals surface area contributed by atoms with Crippen LogP contribution >= 0.6 is 11.3 Å². The van der Waals surface area contributed by atoms with Crippen molar-refractivity contribution in [3.8, 4) is 22.6 Å². The zero-order valence-corrected chi connectivity index (χ0v) is 22.8. The van der Waals surface area contributed by atoms with Crippen molar-refractivity contribution < 1.29 is 0 Å². The second-order valence-corrected chi connectivity index (χ2v) is 11.5. The predicted molar refractivity (Wildman–Crippen MR) is 174 cm³/mol. The number of hydrogen-bond donors (Lipinski definition) is 0. The van der Waals surface area contributed by atoms with Crippen LogP contribution < -0.4 is 0 Å². The minimum atomic E-state index is 0.988. The highest BCUT2D eigenvalue weighted by atomic mass is 32.1. The summed E-state index contributed by atoms with van der Waals surface area (Å²) in [6.45, 7) is 0. The van der Waals surface area contributed by atoms with E-state index in [0.29, 0.717) is 0 Å². The minimum Gasteiger partial charge on any atom is -0.314 e. The number of pyridine rings is 1. The van der Waals surface area contributed by atoms with Crippen LogP contribution in [-0.2, 0) is 0 Å². The van der Waals surface area contributed by atoms with Gasteiger partial charge in [0.05, 0.1) is 33.4 Å². The fraction of sp³-hybridized carbons (Fsp3) is 0. The molecule has 0 aliphatic heterocycles. The molecule has 0 saturated carbocycles. The predicted octanol–water partition coefficient (Wildman–Crippen LogP) is 10.2. The summed E-state index contributed by atoms with van der Waals surface area (Å²) in [7, 11) is 0. The van der Waals surface area contributed by atoms with Crippen LogP contribution in [0.1, 0.15) is 0 Å². The lowest BCUT2D eigenvalue weighted by molar-refractivity contribution is 1.10. The zero-order chi connectivity index (χ0) is 26.9. The van der Waals surface area contributed by atoms with Gasteiger partial charge in [0, 0.05) is 48.4 Å². The average molecular weight is 542 g/mol. The summed E-state index contributed by atoms with van der Waals surface area (Å²) in [5.74, 6) is 0. The van der Waals surface area contributed by atoms with Gasteiger partial charge < -0.3 is 9.13 Å². The summed E-state index contributed by atoms with van der Waals surface area (Å²) >= 11 is 1.86. The van der Waals surface area contributed by atoms with Gasteiger partial charge in [0.25, 0.3) is 0 Å². The Morgan fingerprint density at radius 3 is 2.10 bits per heavy atom. The van der Waals surface area contributed by atoms with Gasteiger partial charge in [-0.15, -0.1) is 11.3 Å². The number of thiophene rings is 1. The lowest BCUT2D eigenvalue weighted by Gasteiger charge is -2.07. The highest BCUT2D eigenvalue weighted by Gasteiger charge is 2.21. The molecule has 0 aliphatic carbocycles. The van der Waals surface area contributed by atoms with E-state index in [-0.39, 0.29) is 0 Å². The number of para-hydroxylation sites is 2. The SMILES string of the molecule is c1ccc(-c2ccc3c(n2)c2c4sc5ccccc5c4ccc2n3-c2cn(-c3ccccc3)c3ccccc23)cc1. The highest BCUT2D eigenvalue weighted by Crippen LogP contribution is 2.44. The normalized spacial score (nSPS) is 11.9. The van der Waals surface area contributed by atoms with Crippen LogP contribution in [0.5, 0.6) is 0 Å². The molecule has 0 atom stereocenters. The lowest BCUT2D eigenvalue weighted by atomic mass is 10.1. The zero-order valence-electron chi connectivity index (χ0n) is 22.0. The molecular formula is C37H23N3S. The van der Waals surface area contributed by atoms with Crippen LogP contribution in [0.4, 0.5) is 0 Å². The first-order chi connectivity index (χ1) is 20.3. The quantitative estimate of drug-likeness (QED) is 0.218. The monoisotopic (exact) mass is 541 g/mol. The topological polar surface area (TPSA) is 22.8 Å². The molecule has 0 saturated heterocycles. The van der Waals surface area contributed by atoms with Crippen LogP contribution in [0, 0.1) is 0 Å². The van der Waals surface area contributed by atoms with Gasteiger partial charge in [-0.05, 0) is 42.5 Å². The van der Waals surface area contributed by atoms with Crippen molar-refractivity contribution in [3.05, 3.63) is 140 Å². The van der Waals surface area contributed by atoms with E-state index in [0.717, 1.165) is 33.7 Å². The van der Waals surface area contributed by atoms with Crippen molar-refractivity contribution in [2.24, 2.45) is 0 Å². The molecule has 3 nitrogen and oxygen atoms in total. The van der Waals surface area contributed by atoms with Crippen LogP contribution in [-0.4, -0.2) is 14.1 Å². The smallest absolute Gasteiger partial charge is 0.0985 e. The Labute approximate surface area is 240 Å². The van der Waals surface area contributed by atoms with E-state index >= 15 is 0 Å². The largest absolute Gasteiger partial charge is 0.314 e. The summed E-state index contributed by atoms with van der Waals surface area (Å²) in [5.41, 5.74) is 8.91. The number of nitrogens with zero attached hydrogens (tertiary/aromatic N) is 3. The Kier molecular flexibility index (Phi) is 4.77. The van der Waals surface area contributed by atoms with E-state index in [9.17, 15) is 0 Å². The molecule has 0 N–H and O–H groups in total. The summed E-state index contributed by atoms with van der Waals surface area (Å²) in [5, 5.41) is 5.01. The maximum absolute atomic E-state index is 5.36. The second-order valence-electron chi connectivity index (χ2n) is 10.4. The average Bonchev–Trinajstić information content (AvgIpc) is 3.71. The van der Waals surface area contributed by atoms with E-state index in [4.69, 9.17) is 4.98 Å². The van der Waals surface area contributed by atoms with Crippen molar-refractivity contribution in [3.63, 3.8) is 0 Å². The van der Waals surface area contributed by atoms with Crippen LogP contribution in [0.15, 0.2) is 140 Å².